The summed E-state index contributed by atoms with van der Waals surface area (Å²) < 4.78 is 14.3. The summed E-state index contributed by atoms with van der Waals surface area (Å²) in [5.41, 5.74) is 0.755. The maximum absolute atomic E-state index is 11.9. The fourth-order valence-electron chi connectivity index (χ4n) is 4.27. The zero-order valence-electron chi connectivity index (χ0n) is 16.7. The molecule has 29 heavy (non-hydrogen) atoms. The number of halogens is 2. The zero-order valence-corrected chi connectivity index (χ0v) is 19.9. The van der Waals surface area contributed by atoms with Gasteiger partial charge in [0.15, 0.2) is 18.0 Å². The zero-order chi connectivity index (χ0) is 19.7. The highest BCUT2D eigenvalue weighted by atomic mass is 79.9. The third-order valence-corrected chi connectivity index (χ3v) is 6.24. The fraction of sp³-hybridized carbons (Fsp3) is 0.409. The van der Waals surface area contributed by atoms with Gasteiger partial charge in [0.2, 0.25) is 0 Å². The van der Waals surface area contributed by atoms with Crippen LogP contribution in [0.3, 0.4) is 0 Å². The topological polar surface area (TPSA) is 44.9 Å². The molecular weight excluding hydrogens is 500 g/mol. The molecule has 2 aromatic rings. The minimum atomic E-state index is -1.07. The molecule has 5 nitrogen and oxygen atoms in total. The highest BCUT2D eigenvalue weighted by Gasteiger charge is 2.52. The fourth-order valence-corrected chi connectivity index (χ4v) is 4.53. The third-order valence-electron chi connectivity index (χ3n) is 5.71. The molecule has 156 valence electrons. The average Bonchev–Trinajstić information content (AvgIpc) is 2.87. The molecular formula is C22H26Br2N2O3. The van der Waals surface area contributed by atoms with Gasteiger partial charge in [-0.25, -0.2) is 9.48 Å². The lowest BCUT2D eigenvalue weighted by molar-refractivity contribution is -0.658. The van der Waals surface area contributed by atoms with Gasteiger partial charge in [0.1, 0.15) is 5.75 Å². The lowest BCUT2D eigenvalue weighted by Gasteiger charge is -2.24. The van der Waals surface area contributed by atoms with Crippen LogP contribution < -0.4 is 31.4 Å². The van der Waals surface area contributed by atoms with Gasteiger partial charge in [-0.15, -0.1) is 0 Å². The standard InChI is InChI=1S/C22H26BrN2O3.BrH/c1-27-18-11-12-20(28-2)19(14-18)24-15-22(26,16-7-9-17(23)10-8-16)25-13-5-3-4-6-21(24)25;/h7-12,14,26H,3-6,13,15H2,1-2H3;1H/q+1;/p-1. The van der Waals surface area contributed by atoms with Crippen LogP contribution in [0.15, 0.2) is 46.9 Å². The summed E-state index contributed by atoms with van der Waals surface area (Å²) >= 11 is 3.50. The van der Waals surface area contributed by atoms with Crippen LogP contribution in [0.1, 0.15) is 31.2 Å². The van der Waals surface area contributed by atoms with E-state index in [-0.39, 0.29) is 17.0 Å². The molecule has 7 heteroatoms. The lowest BCUT2D eigenvalue weighted by atomic mass is 10.0. The Balaban J connectivity index is 0.00000240. The summed E-state index contributed by atoms with van der Waals surface area (Å²) in [5.74, 6) is 2.70. The van der Waals surface area contributed by atoms with Gasteiger partial charge in [0.25, 0.3) is 11.6 Å². The highest BCUT2D eigenvalue weighted by Crippen LogP contribution is 2.40. The molecule has 2 aromatic carbocycles. The Kier molecular flexibility index (Phi) is 6.91. The first-order valence-electron chi connectivity index (χ1n) is 9.68. The molecule has 0 amide bonds. The first kappa shape index (κ1) is 22.1. The molecule has 0 bridgehead atoms. The van der Waals surface area contributed by atoms with Gasteiger partial charge in [0.05, 0.1) is 20.8 Å². The van der Waals surface area contributed by atoms with Gasteiger partial charge >= 0.3 is 0 Å². The van der Waals surface area contributed by atoms with Gasteiger partial charge in [-0.2, -0.15) is 0 Å². The monoisotopic (exact) mass is 524 g/mol. The van der Waals surface area contributed by atoms with E-state index in [1.807, 2.05) is 42.5 Å². The van der Waals surface area contributed by atoms with Gasteiger partial charge < -0.3 is 31.6 Å². The van der Waals surface area contributed by atoms with Crippen molar-refractivity contribution in [1.29, 1.82) is 0 Å². The molecule has 0 radical (unpaired) electrons. The maximum atomic E-state index is 11.9. The van der Waals surface area contributed by atoms with E-state index < -0.39 is 5.72 Å². The molecule has 2 heterocycles. The van der Waals surface area contributed by atoms with Crippen LogP contribution in [0.25, 0.3) is 0 Å². The van der Waals surface area contributed by atoms with Gasteiger partial charge in [-0.3, -0.25) is 0 Å². The first-order chi connectivity index (χ1) is 13.6. The minimum absolute atomic E-state index is 0. The minimum Gasteiger partial charge on any atom is -1.00 e. The summed E-state index contributed by atoms with van der Waals surface area (Å²) in [6.45, 7) is 1.29. The van der Waals surface area contributed by atoms with E-state index in [0.717, 1.165) is 58.9 Å². The number of aliphatic hydroxyl groups is 1. The van der Waals surface area contributed by atoms with Crippen LogP contribution in [0.2, 0.25) is 0 Å². The van der Waals surface area contributed by atoms with E-state index in [2.05, 4.69) is 25.4 Å². The summed E-state index contributed by atoms with van der Waals surface area (Å²) in [6, 6.07) is 13.8. The van der Waals surface area contributed by atoms with Crippen molar-refractivity contribution in [2.24, 2.45) is 0 Å². The number of benzene rings is 2. The molecule has 0 aliphatic carbocycles. The van der Waals surface area contributed by atoms with Crippen LogP contribution in [0, 0.1) is 0 Å². The number of rotatable bonds is 4. The van der Waals surface area contributed by atoms with Crippen molar-refractivity contribution >= 4 is 27.5 Å². The number of hydrogen-bond donors (Lipinski definition) is 1. The Morgan fingerprint density at radius 2 is 1.79 bits per heavy atom. The summed E-state index contributed by atoms with van der Waals surface area (Å²) in [7, 11) is 3.34. The number of amidine groups is 1. The predicted octanol–water partition coefficient (Wildman–Crippen LogP) is 1.12. The highest BCUT2D eigenvalue weighted by molar-refractivity contribution is 9.10. The van der Waals surface area contributed by atoms with Crippen LogP contribution in [-0.2, 0) is 5.72 Å². The molecule has 0 saturated heterocycles. The van der Waals surface area contributed by atoms with Crippen molar-refractivity contribution in [2.75, 3.05) is 32.2 Å². The summed E-state index contributed by atoms with van der Waals surface area (Å²) in [4.78, 5) is 2.20. The van der Waals surface area contributed by atoms with Crippen LogP contribution in [-0.4, -0.2) is 42.8 Å². The van der Waals surface area contributed by atoms with Crippen molar-refractivity contribution < 1.29 is 36.1 Å². The van der Waals surface area contributed by atoms with Crippen molar-refractivity contribution in [3.05, 3.63) is 52.5 Å². The number of β-amino-alcohol motifs (C(OH)–C–C–N with tert-alkyl or cyclic N) is 1. The number of methoxy groups -OCH3 is 2. The van der Waals surface area contributed by atoms with Gasteiger partial charge in [-0.05, 0) is 43.5 Å². The summed E-state index contributed by atoms with van der Waals surface area (Å²) in [6.07, 6.45) is 4.29. The Hall–Kier alpha value is -1.57. The molecule has 2 aliphatic heterocycles. The number of ether oxygens (including phenoxy) is 2. The molecule has 1 unspecified atom stereocenters. The third kappa shape index (κ3) is 4.05. The second-order valence-corrected chi connectivity index (χ2v) is 8.24. The van der Waals surface area contributed by atoms with E-state index in [0.29, 0.717) is 6.54 Å². The van der Waals surface area contributed by atoms with Crippen molar-refractivity contribution in [3.8, 4) is 11.5 Å². The second kappa shape index (κ2) is 9.06. The summed E-state index contributed by atoms with van der Waals surface area (Å²) in [5, 5.41) is 11.9. The van der Waals surface area contributed by atoms with Crippen LogP contribution in [0.4, 0.5) is 5.69 Å². The number of hydrogen-bond acceptors (Lipinski definition) is 4. The number of anilines is 1. The lowest BCUT2D eigenvalue weighted by Crippen LogP contribution is -3.00. The predicted molar refractivity (Wildman–Crippen MR) is 114 cm³/mol. The van der Waals surface area contributed by atoms with E-state index >= 15 is 0 Å². The molecule has 0 spiro atoms. The van der Waals surface area contributed by atoms with Crippen molar-refractivity contribution in [2.45, 2.75) is 31.4 Å². The number of nitrogens with zero attached hydrogens (tertiary/aromatic N) is 2. The van der Waals surface area contributed by atoms with Gasteiger partial charge in [-0.1, -0.05) is 28.1 Å². The molecule has 0 fully saturated rings. The molecule has 1 N–H and O–H groups in total. The van der Waals surface area contributed by atoms with E-state index in [9.17, 15) is 5.11 Å². The van der Waals surface area contributed by atoms with Crippen molar-refractivity contribution in [3.63, 3.8) is 0 Å². The quantitative estimate of drug-likeness (QED) is 0.608. The second-order valence-electron chi connectivity index (χ2n) is 7.33. The molecule has 2 aliphatic rings. The average molecular weight is 526 g/mol. The maximum Gasteiger partial charge on any atom is 0.271 e. The Labute approximate surface area is 190 Å². The molecule has 1 atom stereocenters. The van der Waals surface area contributed by atoms with Crippen LogP contribution >= 0.6 is 15.9 Å². The van der Waals surface area contributed by atoms with Crippen LogP contribution in [0.5, 0.6) is 11.5 Å². The van der Waals surface area contributed by atoms with Crippen molar-refractivity contribution in [1.82, 2.24) is 0 Å². The largest absolute Gasteiger partial charge is 1.00 e. The SMILES string of the molecule is COc1ccc(OC)c(N2CC(O)(c3ccc(Br)cc3)[N+]3=C2CCCCC3)c1.[Br-]. The first-order valence-corrected chi connectivity index (χ1v) is 10.5. The van der Waals surface area contributed by atoms with Gasteiger partial charge in [0, 0.05) is 22.5 Å². The van der Waals surface area contributed by atoms with E-state index in [4.69, 9.17) is 9.47 Å². The molecule has 4 rings (SSSR count). The Morgan fingerprint density at radius 1 is 1.03 bits per heavy atom. The molecule has 0 saturated carbocycles. The Bertz CT molecular complexity index is 901. The normalized spacial score (nSPS) is 21.3. The molecule has 0 aromatic heterocycles. The van der Waals surface area contributed by atoms with E-state index in [1.165, 1.54) is 6.42 Å². The smallest absolute Gasteiger partial charge is 0.271 e. The Morgan fingerprint density at radius 3 is 2.48 bits per heavy atom. The van der Waals surface area contributed by atoms with E-state index in [1.54, 1.807) is 14.2 Å².